The zero-order valence-electron chi connectivity index (χ0n) is 10.8. The van der Waals surface area contributed by atoms with Crippen LogP contribution in [0, 0.1) is 29.1 Å². The van der Waals surface area contributed by atoms with Gasteiger partial charge in [-0.05, 0) is 49.1 Å². The summed E-state index contributed by atoms with van der Waals surface area (Å²) in [6, 6.07) is 5.22. The van der Waals surface area contributed by atoms with Crippen molar-refractivity contribution >= 4 is 5.91 Å². The smallest absolute Gasteiger partial charge is 0.269 e. The van der Waals surface area contributed by atoms with E-state index in [-0.39, 0.29) is 5.91 Å². The van der Waals surface area contributed by atoms with E-state index in [1.165, 1.54) is 31.9 Å². The fraction of sp³-hybridized carbons (Fsp3) is 0.533. The van der Waals surface area contributed by atoms with E-state index < -0.39 is 0 Å². The Bertz CT molecular complexity index is 517. The fourth-order valence-corrected chi connectivity index (χ4v) is 3.54. The number of carbonyl (C=O) groups is 1. The highest BCUT2D eigenvalue weighted by Gasteiger charge is 2.39. The van der Waals surface area contributed by atoms with Crippen molar-refractivity contribution in [2.24, 2.45) is 17.8 Å². The van der Waals surface area contributed by atoms with Crippen molar-refractivity contribution < 1.29 is 4.79 Å². The Hall–Kier alpha value is -1.89. The Labute approximate surface area is 112 Å². The Kier molecular flexibility index (Phi) is 3.20. The van der Waals surface area contributed by atoms with E-state index in [2.05, 4.69) is 10.3 Å². The third-order valence-corrected chi connectivity index (χ3v) is 4.53. The Morgan fingerprint density at radius 2 is 2.32 bits per heavy atom. The van der Waals surface area contributed by atoms with Gasteiger partial charge in [-0.3, -0.25) is 4.79 Å². The van der Waals surface area contributed by atoms with E-state index in [1.54, 1.807) is 12.1 Å². The van der Waals surface area contributed by atoms with E-state index in [9.17, 15) is 4.79 Å². The van der Waals surface area contributed by atoms with Gasteiger partial charge in [0.25, 0.3) is 5.91 Å². The van der Waals surface area contributed by atoms with Crippen LogP contribution in [0.3, 0.4) is 0 Å². The normalized spacial score (nSPS) is 28.1. The van der Waals surface area contributed by atoms with Crippen molar-refractivity contribution in [3.63, 3.8) is 0 Å². The number of carbonyl (C=O) groups excluding carboxylic acids is 1. The molecule has 1 heterocycles. The summed E-state index contributed by atoms with van der Waals surface area (Å²) in [6.45, 7) is 0.766. The second kappa shape index (κ2) is 5.00. The van der Waals surface area contributed by atoms with Gasteiger partial charge in [0.15, 0.2) is 0 Å². The first-order chi connectivity index (χ1) is 9.26. The number of fused-ring (bicyclic) bond motifs is 2. The van der Waals surface area contributed by atoms with Gasteiger partial charge in [0.05, 0.1) is 5.56 Å². The SMILES string of the molecule is N#Cc1ccc(C(=O)NCC2CC3CCC2C3)nc1. The number of rotatable bonds is 3. The number of nitriles is 1. The van der Waals surface area contributed by atoms with Crippen LogP contribution in [0.25, 0.3) is 0 Å². The van der Waals surface area contributed by atoms with E-state index >= 15 is 0 Å². The number of pyridine rings is 1. The van der Waals surface area contributed by atoms with Crippen molar-refractivity contribution in [2.75, 3.05) is 6.54 Å². The Morgan fingerprint density at radius 3 is 2.89 bits per heavy atom. The van der Waals surface area contributed by atoms with Crippen LogP contribution in [-0.4, -0.2) is 17.4 Å². The zero-order chi connectivity index (χ0) is 13.2. The average Bonchev–Trinajstić information content (AvgIpc) is 3.07. The number of aromatic nitrogens is 1. The minimum atomic E-state index is -0.132. The number of nitrogens with one attached hydrogen (secondary N) is 1. The van der Waals surface area contributed by atoms with Gasteiger partial charge in [0.2, 0.25) is 0 Å². The first-order valence-corrected chi connectivity index (χ1v) is 6.90. The summed E-state index contributed by atoms with van der Waals surface area (Å²) in [4.78, 5) is 16.0. The highest BCUT2D eigenvalue weighted by Crippen LogP contribution is 2.47. The predicted octanol–water partition coefficient (Wildman–Crippen LogP) is 2.12. The van der Waals surface area contributed by atoms with Gasteiger partial charge >= 0.3 is 0 Å². The first kappa shape index (κ1) is 12.2. The van der Waals surface area contributed by atoms with Crippen LogP contribution in [0.4, 0.5) is 0 Å². The summed E-state index contributed by atoms with van der Waals surface area (Å²) >= 11 is 0. The molecule has 98 valence electrons. The molecule has 2 saturated carbocycles. The molecule has 0 aliphatic heterocycles. The summed E-state index contributed by atoms with van der Waals surface area (Å²) in [5.41, 5.74) is 0.867. The molecule has 1 amide bonds. The summed E-state index contributed by atoms with van der Waals surface area (Å²) in [5.74, 6) is 2.24. The van der Waals surface area contributed by atoms with Crippen molar-refractivity contribution in [3.05, 3.63) is 29.6 Å². The van der Waals surface area contributed by atoms with Crippen LogP contribution >= 0.6 is 0 Å². The lowest BCUT2D eigenvalue weighted by atomic mass is 9.89. The van der Waals surface area contributed by atoms with Crippen LogP contribution in [-0.2, 0) is 0 Å². The zero-order valence-corrected chi connectivity index (χ0v) is 10.8. The third kappa shape index (κ3) is 2.46. The molecule has 0 radical (unpaired) electrons. The summed E-state index contributed by atoms with van der Waals surface area (Å²) in [5, 5.41) is 11.7. The van der Waals surface area contributed by atoms with Crippen LogP contribution < -0.4 is 5.32 Å². The largest absolute Gasteiger partial charge is 0.350 e. The molecule has 2 bridgehead atoms. The molecule has 3 unspecified atom stereocenters. The lowest BCUT2D eigenvalue weighted by molar-refractivity contribution is 0.0937. The Morgan fingerprint density at radius 1 is 1.42 bits per heavy atom. The predicted molar refractivity (Wildman–Crippen MR) is 70.2 cm³/mol. The maximum absolute atomic E-state index is 12.0. The number of hydrogen-bond donors (Lipinski definition) is 1. The lowest BCUT2D eigenvalue weighted by Crippen LogP contribution is -2.32. The monoisotopic (exact) mass is 255 g/mol. The van der Waals surface area contributed by atoms with Crippen LogP contribution in [0.15, 0.2) is 18.3 Å². The number of amides is 1. The fourth-order valence-electron chi connectivity index (χ4n) is 3.54. The lowest BCUT2D eigenvalue weighted by Gasteiger charge is -2.21. The summed E-state index contributed by atoms with van der Waals surface area (Å²) in [7, 11) is 0. The molecule has 1 aromatic rings. The third-order valence-electron chi connectivity index (χ3n) is 4.53. The molecule has 1 aromatic heterocycles. The highest BCUT2D eigenvalue weighted by molar-refractivity contribution is 5.92. The van der Waals surface area contributed by atoms with Gasteiger partial charge in [-0.15, -0.1) is 0 Å². The number of hydrogen-bond acceptors (Lipinski definition) is 3. The second-order valence-corrected chi connectivity index (χ2v) is 5.69. The van der Waals surface area contributed by atoms with Crippen molar-refractivity contribution in [2.45, 2.75) is 25.7 Å². The highest BCUT2D eigenvalue weighted by atomic mass is 16.1. The Balaban J connectivity index is 1.55. The first-order valence-electron chi connectivity index (χ1n) is 6.90. The maximum atomic E-state index is 12.0. The molecule has 3 atom stereocenters. The van der Waals surface area contributed by atoms with Gasteiger partial charge < -0.3 is 5.32 Å². The molecule has 2 aliphatic carbocycles. The molecule has 0 saturated heterocycles. The van der Waals surface area contributed by atoms with Crippen molar-refractivity contribution in [1.29, 1.82) is 5.26 Å². The van der Waals surface area contributed by atoms with Gasteiger partial charge in [-0.2, -0.15) is 5.26 Å². The molecular formula is C15H17N3O. The minimum absolute atomic E-state index is 0.132. The molecule has 1 N–H and O–H groups in total. The van der Waals surface area contributed by atoms with E-state index in [0.29, 0.717) is 17.2 Å². The molecule has 4 nitrogen and oxygen atoms in total. The minimum Gasteiger partial charge on any atom is -0.350 e. The van der Waals surface area contributed by atoms with Crippen LogP contribution in [0.1, 0.15) is 41.7 Å². The topological polar surface area (TPSA) is 65.8 Å². The molecule has 0 spiro atoms. The number of nitrogens with zero attached hydrogens (tertiary/aromatic N) is 2. The van der Waals surface area contributed by atoms with Crippen molar-refractivity contribution in [3.8, 4) is 6.07 Å². The molecule has 3 rings (SSSR count). The van der Waals surface area contributed by atoms with Gasteiger partial charge in [0, 0.05) is 12.7 Å². The standard InChI is InChI=1S/C15H17N3O/c16-7-11-2-4-14(17-8-11)15(19)18-9-13-6-10-1-3-12(13)5-10/h2,4,8,10,12-13H,1,3,5-6,9H2,(H,18,19). The molecule has 19 heavy (non-hydrogen) atoms. The van der Waals surface area contributed by atoms with E-state index in [1.807, 2.05) is 6.07 Å². The quantitative estimate of drug-likeness (QED) is 0.899. The molecular weight excluding hydrogens is 238 g/mol. The average molecular weight is 255 g/mol. The van der Waals surface area contributed by atoms with Gasteiger partial charge in [-0.25, -0.2) is 4.98 Å². The molecule has 2 aliphatic rings. The second-order valence-electron chi connectivity index (χ2n) is 5.69. The van der Waals surface area contributed by atoms with Crippen molar-refractivity contribution in [1.82, 2.24) is 10.3 Å². The van der Waals surface area contributed by atoms with Gasteiger partial charge in [0.1, 0.15) is 11.8 Å². The molecule has 4 heteroatoms. The maximum Gasteiger partial charge on any atom is 0.269 e. The molecule has 0 aromatic carbocycles. The summed E-state index contributed by atoms with van der Waals surface area (Å²) in [6.07, 6.45) is 6.78. The van der Waals surface area contributed by atoms with E-state index in [0.717, 1.165) is 18.4 Å². The molecule has 2 fully saturated rings. The van der Waals surface area contributed by atoms with E-state index in [4.69, 9.17) is 5.26 Å². The van der Waals surface area contributed by atoms with Crippen LogP contribution in [0.5, 0.6) is 0 Å². The van der Waals surface area contributed by atoms with Gasteiger partial charge in [-0.1, -0.05) is 6.42 Å². The summed E-state index contributed by atoms with van der Waals surface area (Å²) < 4.78 is 0. The van der Waals surface area contributed by atoms with Crippen LogP contribution in [0.2, 0.25) is 0 Å².